The van der Waals surface area contributed by atoms with Crippen LogP contribution in [0.15, 0.2) is 52.3 Å². The van der Waals surface area contributed by atoms with Gasteiger partial charge in [0.2, 0.25) is 5.03 Å². The molecule has 44 heavy (non-hydrogen) atoms. The van der Waals surface area contributed by atoms with Gasteiger partial charge in [0.25, 0.3) is 15.9 Å². The number of carbonyl (C=O) groups is 2. The molecular weight excluding hydrogens is 592 g/mol. The van der Waals surface area contributed by atoms with E-state index in [0.717, 1.165) is 5.56 Å². The Morgan fingerprint density at radius 3 is 2.45 bits per heavy atom. The number of alkyl carbamates (subject to hydrolysis) is 1. The standard InChI is InChI=1S/C29H36N6O8S/c1-7-18-8-9-22(40-5)21(10-18)34-44(38,39)27-26-23(41-6)11-19(12-24(26)43-33-27)15-35-16-20(14-31-35)13-30-25(36)17-42-28(37)32-29(2,3)4/h8-12,14,16,34H,7,13,15,17H2,1-6H3,(H,30,36)(H,32,37). The Morgan fingerprint density at radius 2 is 1.77 bits per heavy atom. The van der Waals surface area contributed by atoms with Gasteiger partial charge in [-0.1, -0.05) is 18.1 Å². The number of fused-ring (bicyclic) bond motifs is 1. The molecule has 14 nitrogen and oxygen atoms in total. The summed E-state index contributed by atoms with van der Waals surface area (Å²) < 4.78 is 52.2. The highest BCUT2D eigenvalue weighted by Gasteiger charge is 2.27. The Labute approximate surface area is 255 Å². The Kier molecular flexibility index (Phi) is 9.67. The van der Waals surface area contributed by atoms with Crippen molar-refractivity contribution in [1.29, 1.82) is 0 Å². The number of nitrogens with one attached hydrogen (secondary N) is 3. The van der Waals surface area contributed by atoms with E-state index in [1.807, 2.05) is 13.0 Å². The Morgan fingerprint density at radius 1 is 1.02 bits per heavy atom. The number of methoxy groups -OCH3 is 2. The van der Waals surface area contributed by atoms with E-state index in [4.69, 9.17) is 18.7 Å². The summed E-state index contributed by atoms with van der Waals surface area (Å²) in [6.07, 6.45) is 3.36. The number of aromatic nitrogens is 3. The first-order valence-corrected chi connectivity index (χ1v) is 15.2. The van der Waals surface area contributed by atoms with E-state index in [2.05, 4.69) is 25.6 Å². The van der Waals surface area contributed by atoms with Gasteiger partial charge in [0.05, 0.1) is 32.6 Å². The molecule has 0 bridgehead atoms. The van der Waals surface area contributed by atoms with Crippen LogP contribution in [-0.4, -0.2) is 61.7 Å². The molecule has 0 radical (unpaired) electrons. The molecular formula is C29H36N6O8S. The average Bonchev–Trinajstić information content (AvgIpc) is 3.61. The Bertz CT molecular complexity index is 1760. The molecule has 2 heterocycles. The SMILES string of the molecule is CCc1ccc(OC)c(NS(=O)(=O)c2noc3cc(Cn4cc(CNC(=O)COC(=O)NC(C)(C)C)cn4)cc(OC)c23)c1. The zero-order valence-corrected chi connectivity index (χ0v) is 26.2. The van der Waals surface area contributed by atoms with E-state index in [0.29, 0.717) is 29.8 Å². The number of rotatable bonds is 12. The predicted octanol–water partition coefficient (Wildman–Crippen LogP) is 3.59. The van der Waals surface area contributed by atoms with Crippen molar-refractivity contribution in [3.05, 3.63) is 59.4 Å². The van der Waals surface area contributed by atoms with Crippen LogP contribution in [-0.2, 0) is 39.1 Å². The first-order valence-electron chi connectivity index (χ1n) is 13.7. The Hall–Kier alpha value is -4.79. The molecule has 0 fully saturated rings. The molecule has 0 atom stereocenters. The lowest BCUT2D eigenvalue weighted by Crippen LogP contribution is -2.42. The number of amides is 2. The van der Waals surface area contributed by atoms with Gasteiger partial charge in [-0.25, -0.2) is 4.79 Å². The normalized spacial score (nSPS) is 11.7. The number of nitrogens with zero attached hydrogens (tertiary/aromatic N) is 3. The van der Waals surface area contributed by atoms with Crippen molar-refractivity contribution in [2.75, 3.05) is 25.5 Å². The molecule has 0 aliphatic rings. The second kappa shape index (κ2) is 13.2. The van der Waals surface area contributed by atoms with Crippen LogP contribution >= 0.6 is 0 Å². The molecule has 15 heteroatoms. The molecule has 4 rings (SSSR count). The molecule has 3 N–H and O–H groups in total. The third kappa shape index (κ3) is 7.98. The summed E-state index contributed by atoms with van der Waals surface area (Å²) in [5, 5.41) is 13.3. The summed E-state index contributed by atoms with van der Waals surface area (Å²) in [6.45, 7) is 7.42. The topological polar surface area (TPSA) is 176 Å². The second-order valence-corrected chi connectivity index (χ2v) is 12.5. The van der Waals surface area contributed by atoms with Crippen molar-refractivity contribution in [3.63, 3.8) is 0 Å². The van der Waals surface area contributed by atoms with Crippen LogP contribution in [0.5, 0.6) is 11.5 Å². The molecule has 0 aliphatic heterocycles. The lowest BCUT2D eigenvalue weighted by atomic mass is 10.1. The van der Waals surface area contributed by atoms with Gasteiger partial charge >= 0.3 is 6.09 Å². The number of anilines is 1. The van der Waals surface area contributed by atoms with E-state index < -0.39 is 34.2 Å². The number of hydrogen-bond acceptors (Lipinski definition) is 10. The molecule has 0 spiro atoms. The first kappa shape index (κ1) is 32.1. The quantitative estimate of drug-likeness (QED) is 0.210. The molecule has 2 amide bonds. The Balaban J connectivity index is 1.45. The van der Waals surface area contributed by atoms with Gasteiger partial charge < -0.3 is 29.4 Å². The number of carbonyl (C=O) groups excluding carboxylic acids is 2. The maximum absolute atomic E-state index is 13.4. The van der Waals surface area contributed by atoms with E-state index >= 15 is 0 Å². The zero-order chi connectivity index (χ0) is 32.1. The fourth-order valence-corrected chi connectivity index (χ4v) is 5.39. The number of hydrogen-bond donors (Lipinski definition) is 3. The maximum atomic E-state index is 13.4. The van der Waals surface area contributed by atoms with Crippen LogP contribution in [0, 0.1) is 0 Å². The van der Waals surface area contributed by atoms with Crippen LogP contribution in [0.3, 0.4) is 0 Å². The fourth-order valence-electron chi connectivity index (χ4n) is 4.24. The molecule has 2 aromatic heterocycles. The van der Waals surface area contributed by atoms with Crippen molar-refractivity contribution in [1.82, 2.24) is 25.6 Å². The number of sulfonamides is 1. The maximum Gasteiger partial charge on any atom is 0.408 e. The number of aryl methyl sites for hydroxylation is 1. The minimum absolute atomic E-state index is 0.174. The van der Waals surface area contributed by atoms with Gasteiger partial charge in [-0.15, -0.1) is 0 Å². The summed E-state index contributed by atoms with van der Waals surface area (Å²) in [6, 6.07) is 8.60. The monoisotopic (exact) mass is 628 g/mol. The van der Waals surface area contributed by atoms with Crippen molar-refractivity contribution < 1.29 is 36.7 Å². The van der Waals surface area contributed by atoms with Gasteiger partial charge in [0.15, 0.2) is 12.2 Å². The lowest BCUT2D eigenvalue weighted by molar-refractivity contribution is -0.124. The van der Waals surface area contributed by atoms with Gasteiger partial charge in [0, 0.05) is 23.8 Å². The third-order valence-electron chi connectivity index (χ3n) is 6.29. The van der Waals surface area contributed by atoms with Crippen molar-refractivity contribution >= 4 is 38.7 Å². The van der Waals surface area contributed by atoms with Crippen LogP contribution in [0.1, 0.15) is 44.4 Å². The van der Waals surface area contributed by atoms with Crippen molar-refractivity contribution in [3.8, 4) is 11.5 Å². The van der Waals surface area contributed by atoms with E-state index in [9.17, 15) is 18.0 Å². The summed E-state index contributed by atoms with van der Waals surface area (Å²) in [5.41, 5.74) is 2.36. The lowest BCUT2D eigenvalue weighted by Gasteiger charge is -2.19. The number of benzene rings is 2. The molecule has 0 saturated heterocycles. The average molecular weight is 629 g/mol. The summed E-state index contributed by atoms with van der Waals surface area (Å²) in [5.74, 6) is 0.158. The summed E-state index contributed by atoms with van der Waals surface area (Å²) in [4.78, 5) is 23.8. The van der Waals surface area contributed by atoms with E-state index in [-0.39, 0.29) is 34.0 Å². The van der Waals surface area contributed by atoms with Gasteiger partial charge in [-0.05, 0) is 62.6 Å². The second-order valence-electron chi connectivity index (χ2n) is 10.9. The molecule has 4 aromatic rings. The molecule has 0 saturated carbocycles. The summed E-state index contributed by atoms with van der Waals surface area (Å²) in [7, 11) is -1.30. The van der Waals surface area contributed by atoms with Crippen molar-refractivity contribution in [2.45, 2.75) is 57.8 Å². The highest BCUT2D eigenvalue weighted by Crippen LogP contribution is 2.35. The third-order valence-corrected chi connectivity index (χ3v) is 7.57. The highest BCUT2D eigenvalue weighted by molar-refractivity contribution is 7.92. The first-order chi connectivity index (χ1) is 20.8. The van der Waals surface area contributed by atoms with Gasteiger partial charge in [-0.3, -0.25) is 14.2 Å². The van der Waals surface area contributed by atoms with Gasteiger partial charge in [0.1, 0.15) is 16.9 Å². The van der Waals surface area contributed by atoms with Crippen LogP contribution in [0.2, 0.25) is 0 Å². The summed E-state index contributed by atoms with van der Waals surface area (Å²) >= 11 is 0. The van der Waals surface area contributed by atoms with Gasteiger partial charge in [-0.2, -0.15) is 13.5 Å². The van der Waals surface area contributed by atoms with E-state index in [1.54, 1.807) is 62.1 Å². The van der Waals surface area contributed by atoms with Crippen LogP contribution in [0.25, 0.3) is 11.0 Å². The highest BCUT2D eigenvalue weighted by atomic mass is 32.2. The van der Waals surface area contributed by atoms with Crippen LogP contribution in [0.4, 0.5) is 10.5 Å². The minimum Gasteiger partial charge on any atom is -0.496 e. The minimum atomic E-state index is -4.18. The van der Waals surface area contributed by atoms with Crippen LogP contribution < -0.4 is 24.8 Å². The molecule has 0 aliphatic carbocycles. The predicted molar refractivity (Wildman–Crippen MR) is 161 cm³/mol. The smallest absolute Gasteiger partial charge is 0.408 e. The molecule has 2 aromatic carbocycles. The van der Waals surface area contributed by atoms with Crippen molar-refractivity contribution in [2.24, 2.45) is 0 Å². The number of ether oxygens (including phenoxy) is 3. The molecule has 236 valence electrons. The zero-order valence-electron chi connectivity index (χ0n) is 25.4. The fraction of sp³-hybridized carbons (Fsp3) is 0.379. The van der Waals surface area contributed by atoms with E-state index in [1.165, 1.54) is 14.2 Å². The molecule has 0 unspecified atom stereocenters. The largest absolute Gasteiger partial charge is 0.496 e.